The molecule has 2 rings (SSSR count). The van der Waals surface area contributed by atoms with Gasteiger partial charge in [0.05, 0.1) is 17.0 Å². The molecule has 0 radical (unpaired) electrons. The highest BCUT2D eigenvalue weighted by Gasteiger charge is 2.29. The predicted octanol–water partition coefficient (Wildman–Crippen LogP) is 4.72. The van der Waals surface area contributed by atoms with Crippen molar-refractivity contribution in [3.8, 4) is 0 Å². The van der Waals surface area contributed by atoms with Gasteiger partial charge in [0, 0.05) is 28.1 Å². The molecule has 0 atom stereocenters. The fourth-order valence-corrected chi connectivity index (χ4v) is 3.48. The standard InChI is InChI=1S/C21H19ClF3N3O3S/c1-13(21(23,24)25)9-10-27-14(2)17-8-7-16(12-19(17)32(26,30)31)28-20(29)11-15-5-3-4-6-18(15)22/h3-10,12H,2,11H2,1H3,(H,28,29)(H2,26,30,31)/b13-9+,27-10?. The van der Waals surface area contributed by atoms with Crippen molar-refractivity contribution in [2.45, 2.75) is 24.4 Å². The lowest BCUT2D eigenvalue weighted by Crippen LogP contribution is -2.17. The highest BCUT2D eigenvalue weighted by Crippen LogP contribution is 2.27. The number of aliphatic imine (C=N–C) groups is 1. The lowest BCUT2D eigenvalue weighted by molar-refractivity contribution is -0.115. The van der Waals surface area contributed by atoms with Crippen LogP contribution < -0.4 is 10.5 Å². The maximum absolute atomic E-state index is 12.5. The third kappa shape index (κ3) is 7.04. The molecule has 0 aliphatic carbocycles. The van der Waals surface area contributed by atoms with Gasteiger partial charge in [-0.15, -0.1) is 0 Å². The zero-order valence-corrected chi connectivity index (χ0v) is 18.4. The van der Waals surface area contributed by atoms with E-state index in [1.165, 1.54) is 12.1 Å². The Kier molecular flexibility index (Phi) is 8.00. The van der Waals surface area contributed by atoms with Gasteiger partial charge in [-0.25, -0.2) is 13.6 Å². The SMILES string of the molecule is C=C(N=C/C=C(\C)C(F)(F)F)c1ccc(NC(=O)Cc2ccccc2Cl)cc1S(N)(=O)=O. The van der Waals surface area contributed by atoms with Crippen molar-refractivity contribution in [2.75, 3.05) is 5.32 Å². The van der Waals surface area contributed by atoms with Crippen molar-refractivity contribution in [2.24, 2.45) is 10.1 Å². The Labute approximate surface area is 188 Å². The molecule has 11 heteroatoms. The summed E-state index contributed by atoms with van der Waals surface area (Å²) in [6.45, 7) is 4.45. The normalized spacial score (nSPS) is 12.8. The summed E-state index contributed by atoms with van der Waals surface area (Å²) in [5, 5.41) is 8.22. The Morgan fingerprint density at radius 2 is 1.91 bits per heavy atom. The van der Waals surface area contributed by atoms with Crippen LogP contribution in [0, 0.1) is 0 Å². The van der Waals surface area contributed by atoms with Crippen LogP contribution >= 0.6 is 11.6 Å². The molecule has 0 spiro atoms. The molecule has 0 aliphatic rings. The second-order valence-electron chi connectivity index (χ2n) is 6.64. The predicted molar refractivity (Wildman–Crippen MR) is 119 cm³/mol. The van der Waals surface area contributed by atoms with E-state index in [9.17, 15) is 26.4 Å². The quantitative estimate of drug-likeness (QED) is 0.555. The number of allylic oxidation sites excluding steroid dienone is 2. The Bertz CT molecular complexity index is 1210. The molecule has 6 nitrogen and oxygen atoms in total. The molecule has 0 bridgehead atoms. The largest absolute Gasteiger partial charge is 0.412 e. The molecule has 0 fully saturated rings. The third-order valence-electron chi connectivity index (χ3n) is 4.19. The molecule has 0 aliphatic heterocycles. The second kappa shape index (κ2) is 10.1. The maximum Gasteiger partial charge on any atom is 0.412 e. The number of hydrogen-bond donors (Lipinski definition) is 2. The van der Waals surface area contributed by atoms with E-state index in [2.05, 4.69) is 16.9 Å². The van der Waals surface area contributed by atoms with E-state index < -0.39 is 32.6 Å². The summed E-state index contributed by atoms with van der Waals surface area (Å²) in [6.07, 6.45) is -2.97. The zero-order chi connectivity index (χ0) is 24.1. The van der Waals surface area contributed by atoms with E-state index in [0.29, 0.717) is 10.6 Å². The molecule has 0 heterocycles. The monoisotopic (exact) mass is 485 g/mol. The minimum absolute atomic E-state index is 0.0223. The average Bonchev–Trinajstić information content (AvgIpc) is 2.68. The molecule has 3 N–H and O–H groups in total. The first kappa shape index (κ1) is 25.3. The molecule has 2 aromatic rings. The summed E-state index contributed by atoms with van der Waals surface area (Å²) < 4.78 is 61.7. The number of primary sulfonamides is 1. The van der Waals surface area contributed by atoms with Crippen LogP contribution in [0.25, 0.3) is 5.70 Å². The summed E-state index contributed by atoms with van der Waals surface area (Å²) >= 11 is 6.03. The lowest BCUT2D eigenvalue weighted by atomic mass is 10.1. The molecular formula is C21H19ClF3N3O3S. The van der Waals surface area contributed by atoms with Crippen molar-refractivity contribution in [3.05, 3.63) is 76.8 Å². The van der Waals surface area contributed by atoms with Crippen LogP contribution in [-0.2, 0) is 21.2 Å². The minimum Gasteiger partial charge on any atom is -0.326 e. The van der Waals surface area contributed by atoms with E-state index in [1.807, 2.05) is 0 Å². The number of rotatable bonds is 7. The third-order valence-corrected chi connectivity index (χ3v) is 5.51. The fraction of sp³-hybridized carbons (Fsp3) is 0.143. The number of hydrogen-bond acceptors (Lipinski definition) is 4. The van der Waals surface area contributed by atoms with Gasteiger partial charge in [0.15, 0.2) is 0 Å². The number of amides is 1. The topological polar surface area (TPSA) is 102 Å². The van der Waals surface area contributed by atoms with Crippen LogP contribution in [-0.4, -0.2) is 26.7 Å². The van der Waals surface area contributed by atoms with Crippen LogP contribution in [0.4, 0.5) is 18.9 Å². The number of alkyl halides is 3. The Hall–Kier alpha value is -2.95. The van der Waals surface area contributed by atoms with Gasteiger partial charge in [-0.05, 0) is 42.8 Å². The first-order valence-electron chi connectivity index (χ1n) is 8.96. The number of anilines is 1. The molecular weight excluding hydrogens is 467 g/mol. The number of halogens is 4. The van der Waals surface area contributed by atoms with Gasteiger partial charge in [0.2, 0.25) is 15.9 Å². The number of nitrogens with two attached hydrogens (primary N) is 1. The Balaban J connectivity index is 2.27. The number of nitrogens with one attached hydrogen (secondary N) is 1. The summed E-state index contributed by atoms with van der Waals surface area (Å²) in [7, 11) is -4.27. The molecule has 0 saturated heterocycles. The lowest BCUT2D eigenvalue weighted by Gasteiger charge is -2.12. The van der Waals surface area contributed by atoms with Crippen molar-refractivity contribution in [3.63, 3.8) is 0 Å². The van der Waals surface area contributed by atoms with Gasteiger partial charge in [-0.2, -0.15) is 13.2 Å². The summed E-state index contributed by atoms with van der Waals surface area (Å²) in [4.78, 5) is 15.7. The van der Waals surface area contributed by atoms with E-state index in [-0.39, 0.29) is 23.4 Å². The number of carbonyl (C=O) groups is 1. The van der Waals surface area contributed by atoms with Gasteiger partial charge in [0.25, 0.3) is 0 Å². The number of sulfonamides is 1. The van der Waals surface area contributed by atoms with E-state index in [0.717, 1.165) is 25.3 Å². The van der Waals surface area contributed by atoms with Crippen LogP contribution in [0.15, 0.2) is 70.6 Å². The number of carbonyl (C=O) groups excluding carboxylic acids is 1. The van der Waals surface area contributed by atoms with E-state index >= 15 is 0 Å². The molecule has 0 aromatic heterocycles. The molecule has 1 amide bonds. The maximum atomic E-state index is 12.5. The van der Waals surface area contributed by atoms with Gasteiger partial charge < -0.3 is 5.32 Å². The number of nitrogens with zero attached hydrogens (tertiary/aromatic N) is 1. The van der Waals surface area contributed by atoms with Gasteiger partial charge in [0.1, 0.15) is 0 Å². The smallest absolute Gasteiger partial charge is 0.326 e. The van der Waals surface area contributed by atoms with Gasteiger partial charge >= 0.3 is 6.18 Å². The highest BCUT2D eigenvalue weighted by atomic mass is 35.5. The van der Waals surface area contributed by atoms with E-state index in [1.54, 1.807) is 24.3 Å². The minimum atomic E-state index is -4.51. The summed E-state index contributed by atoms with van der Waals surface area (Å²) in [6, 6.07) is 10.6. The molecule has 32 heavy (non-hydrogen) atoms. The highest BCUT2D eigenvalue weighted by molar-refractivity contribution is 7.89. The average molecular weight is 486 g/mol. The van der Waals surface area contributed by atoms with Crippen LogP contribution in [0.3, 0.4) is 0 Å². The molecule has 0 saturated carbocycles. The van der Waals surface area contributed by atoms with Gasteiger partial charge in [-0.1, -0.05) is 36.4 Å². The van der Waals surface area contributed by atoms with E-state index in [4.69, 9.17) is 16.7 Å². The summed E-state index contributed by atoms with van der Waals surface area (Å²) in [5.41, 5.74) is -0.322. The van der Waals surface area contributed by atoms with Crippen LogP contribution in [0.1, 0.15) is 18.1 Å². The van der Waals surface area contributed by atoms with Crippen molar-refractivity contribution in [1.29, 1.82) is 0 Å². The zero-order valence-electron chi connectivity index (χ0n) is 16.8. The van der Waals surface area contributed by atoms with Crippen molar-refractivity contribution < 1.29 is 26.4 Å². The first-order valence-corrected chi connectivity index (χ1v) is 10.9. The Morgan fingerprint density at radius 1 is 1.25 bits per heavy atom. The number of benzene rings is 2. The summed E-state index contributed by atoms with van der Waals surface area (Å²) in [5.74, 6) is -0.448. The van der Waals surface area contributed by atoms with Crippen LogP contribution in [0.2, 0.25) is 5.02 Å². The van der Waals surface area contributed by atoms with Gasteiger partial charge in [-0.3, -0.25) is 9.79 Å². The van der Waals surface area contributed by atoms with Crippen molar-refractivity contribution >= 4 is 45.1 Å². The molecule has 0 unspecified atom stereocenters. The fourth-order valence-electron chi connectivity index (χ4n) is 2.50. The molecule has 2 aromatic carbocycles. The second-order valence-corrected chi connectivity index (χ2v) is 8.58. The first-order chi connectivity index (χ1) is 14.8. The Morgan fingerprint density at radius 3 is 2.50 bits per heavy atom. The molecule has 170 valence electrons. The van der Waals surface area contributed by atoms with Crippen molar-refractivity contribution in [1.82, 2.24) is 0 Å². The van der Waals surface area contributed by atoms with Crippen LogP contribution in [0.5, 0.6) is 0 Å².